The molecule has 0 aliphatic rings. The van der Waals surface area contributed by atoms with Crippen LogP contribution in [0, 0.1) is 5.92 Å². The van der Waals surface area contributed by atoms with Crippen molar-refractivity contribution < 1.29 is 9.59 Å². The Morgan fingerprint density at radius 3 is 1.42 bits per heavy atom. The maximum atomic E-state index is 10.1. The van der Waals surface area contributed by atoms with Crippen LogP contribution in [0.3, 0.4) is 0 Å². The van der Waals surface area contributed by atoms with Gasteiger partial charge in [-0.05, 0) is 13.8 Å². The molecule has 2 N–H and O–H groups in total. The van der Waals surface area contributed by atoms with Crippen molar-refractivity contribution in [2.45, 2.75) is 27.7 Å². The van der Waals surface area contributed by atoms with Crippen LogP contribution in [-0.2, 0) is 9.59 Å². The van der Waals surface area contributed by atoms with Gasteiger partial charge < -0.3 is 5.73 Å². The van der Waals surface area contributed by atoms with E-state index >= 15 is 0 Å². The summed E-state index contributed by atoms with van der Waals surface area (Å²) in [4.78, 5) is 20.0. The van der Waals surface area contributed by atoms with E-state index in [4.69, 9.17) is 5.73 Å². The molecule has 0 aliphatic carbocycles. The number of hydrogen-bond acceptors (Lipinski definition) is 2. The molecule has 0 aromatic heterocycles. The van der Waals surface area contributed by atoms with Crippen molar-refractivity contribution in [1.29, 1.82) is 0 Å². The normalized spacial score (nSPS) is 8.42. The summed E-state index contributed by atoms with van der Waals surface area (Å²) in [5.74, 6) is 0.0370. The van der Waals surface area contributed by atoms with E-state index in [-0.39, 0.29) is 11.7 Å². The largest absolute Gasteiger partial charge is 0.366 e. The zero-order chi connectivity index (χ0) is 10.3. The van der Waals surface area contributed by atoms with Crippen LogP contribution in [0.15, 0.2) is 12.2 Å². The van der Waals surface area contributed by atoms with Crippen molar-refractivity contribution in [3.63, 3.8) is 0 Å². The first-order valence-electron chi connectivity index (χ1n) is 3.74. The average Bonchev–Trinajstić information content (AvgIpc) is 1.88. The molecule has 3 nitrogen and oxygen atoms in total. The Balaban J connectivity index is 0. The van der Waals surface area contributed by atoms with Crippen molar-refractivity contribution in [3.8, 4) is 0 Å². The summed E-state index contributed by atoms with van der Waals surface area (Å²) in [7, 11) is 0. The molecule has 0 aromatic rings. The van der Waals surface area contributed by atoms with E-state index in [2.05, 4.69) is 6.58 Å². The summed E-state index contributed by atoms with van der Waals surface area (Å²) in [6.07, 6.45) is 0. The van der Waals surface area contributed by atoms with Crippen LogP contribution in [0.25, 0.3) is 0 Å². The van der Waals surface area contributed by atoms with E-state index in [0.717, 1.165) is 0 Å². The van der Waals surface area contributed by atoms with Crippen LogP contribution in [0.4, 0.5) is 0 Å². The number of hydrogen-bond donors (Lipinski definition) is 1. The highest BCUT2D eigenvalue weighted by atomic mass is 16.1. The predicted octanol–water partition coefficient (Wildman–Crippen LogP) is 1.28. The number of rotatable bonds is 2. The van der Waals surface area contributed by atoms with Crippen molar-refractivity contribution in [2.75, 3.05) is 0 Å². The zero-order valence-electron chi connectivity index (χ0n) is 8.18. The van der Waals surface area contributed by atoms with Gasteiger partial charge in [0.25, 0.3) is 0 Å². The fraction of sp³-hybridized carbons (Fsp3) is 0.556. The average molecular weight is 171 g/mol. The van der Waals surface area contributed by atoms with Gasteiger partial charge in [0.05, 0.1) is 0 Å². The Labute approximate surface area is 73.6 Å². The molecule has 0 unspecified atom stereocenters. The number of nitrogens with two attached hydrogens (primary N) is 1. The van der Waals surface area contributed by atoms with Gasteiger partial charge in [-0.25, -0.2) is 0 Å². The Morgan fingerprint density at radius 2 is 1.42 bits per heavy atom. The molecule has 0 radical (unpaired) electrons. The fourth-order valence-corrected chi connectivity index (χ4v) is 0. The van der Waals surface area contributed by atoms with E-state index in [1.54, 1.807) is 13.8 Å². The zero-order valence-corrected chi connectivity index (χ0v) is 8.18. The number of carbonyl (C=O) groups excluding carboxylic acids is 2. The Hall–Kier alpha value is -1.12. The standard InChI is InChI=1S/C5H10O.C4H7NO/c1-4(2)5(3)6;1-3(2)4(5)6/h4H,1-3H3;1H2,2H3,(H2,5,6). The second-order valence-corrected chi connectivity index (χ2v) is 2.91. The lowest BCUT2D eigenvalue weighted by atomic mass is 10.1. The molecule has 0 aromatic carbocycles. The molecule has 1 amide bonds. The number of amides is 1. The van der Waals surface area contributed by atoms with Crippen LogP contribution < -0.4 is 5.73 Å². The molecule has 0 saturated carbocycles. The molecule has 0 spiro atoms. The Kier molecular flexibility index (Phi) is 7.39. The molecule has 0 heterocycles. The van der Waals surface area contributed by atoms with Crippen LogP contribution >= 0.6 is 0 Å². The monoisotopic (exact) mass is 171 g/mol. The predicted molar refractivity (Wildman–Crippen MR) is 49.5 cm³/mol. The van der Waals surface area contributed by atoms with Crippen molar-refractivity contribution in [3.05, 3.63) is 12.2 Å². The Bertz CT molecular complexity index is 171. The Morgan fingerprint density at radius 1 is 1.25 bits per heavy atom. The first kappa shape index (κ1) is 13.5. The summed E-state index contributed by atoms with van der Waals surface area (Å²) in [6, 6.07) is 0. The second-order valence-electron chi connectivity index (χ2n) is 2.91. The molecular formula is C9H17NO2. The molecule has 0 aliphatic heterocycles. The van der Waals surface area contributed by atoms with E-state index in [9.17, 15) is 9.59 Å². The SMILES string of the molecule is C=C(C)C(N)=O.CC(=O)C(C)C. The molecule has 0 atom stereocenters. The van der Waals surface area contributed by atoms with Crippen molar-refractivity contribution in [2.24, 2.45) is 11.7 Å². The van der Waals surface area contributed by atoms with E-state index in [1.165, 1.54) is 0 Å². The first-order valence-corrected chi connectivity index (χ1v) is 3.74. The topological polar surface area (TPSA) is 60.2 Å². The van der Waals surface area contributed by atoms with E-state index in [1.807, 2.05) is 13.8 Å². The van der Waals surface area contributed by atoms with Gasteiger partial charge in [0.1, 0.15) is 5.78 Å². The third-order valence-corrected chi connectivity index (χ3v) is 1.23. The molecule has 0 bridgehead atoms. The molecular weight excluding hydrogens is 154 g/mol. The van der Waals surface area contributed by atoms with Gasteiger partial charge in [-0.15, -0.1) is 0 Å². The van der Waals surface area contributed by atoms with Gasteiger partial charge in [0, 0.05) is 11.5 Å². The summed E-state index contributed by atoms with van der Waals surface area (Å²) in [5.41, 5.74) is 5.09. The van der Waals surface area contributed by atoms with Gasteiger partial charge in [-0.1, -0.05) is 20.4 Å². The van der Waals surface area contributed by atoms with E-state index < -0.39 is 5.91 Å². The number of carbonyl (C=O) groups is 2. The molecule has 3 heteroatoms. The minimum absolute atomic E-state index is 0.213. The molecule has 12 heavy (non-hydrogen) atoms. The third kappa shape index (κ3) is 11.6. The minimum Gasteiger partial charge on any atom is -0.366 e. The van der Waals surface area contributed by atoms with Crippen molar-refractivity contribution in [1.82, 2.24) is 0 Å². The summed E-state index contributed by atoms with van der Waals surface area (Å²) in [5, 5.41) is 0. The smallest absolute Gasteiger partial charge is 0.243 e. The van der Waals surface area contributed by atoms with Crippen molar-refractivity contribution >= 4 is 11.7 Å². The second kappa shape index (κ2) is 6.58. The molecule has 0 fully saturated rings. The maximum absolute atomic E-state index is 10.1. The van der Waals surface area contributed by atoms with E-state index in [0.29, 0.717) is 5.57 Å². The number of Topliss-reactive ketones (excluding diaryl/α,β-unsaturated/α-hetero) is 1. The maximum Gasteiger partial charge on any atom is 0.243 e. The lowest BCUT2D eigenvalue weighted by molar-refractivity contribution is -0.119. The molecule has 70 valence electrons. The van der Waals surface area contributed by atoms with Gasteiger partial charge in [-0.3, -0.25) is 9.59 Å². The third-order valence-electron chi connectivity index (χ3n) is 1.23. The lowest BCUT2D eigenvalue weighted by Crippen LogP contribution is -2.10. The minimum atomic E-state index is -0.435. The summed E-state index contributed by atoms with van der Waals surface area (Å²) in [6.45, 7) is 10.2. The lowest BCUT2D eigenvalue weighted by Gasteiger charge is -1.90. The summed E-state index contributed by atoms with van der Waals surface area (Å²) >= 11 is 0. The highest BCUT2D eigenvalue weighted by molar-refractivity contribution is 5.90. The van der Waals surface area contributed by atoms with Gasteiger partial charge in [0.15, 0.2) is 0 Å². The molecule has 0 saturated heterocycles. The first-order chi connectivity index (χ1) is 5.29. The molecule has 0 rings (SSSR count). The number of ketones is 1. The van der Waals surface area contributed by atoms with Gasteiger partial charge in [0.2, 0.25) is 5.91 Å². The fourth-order valence-electron chi connectivity index (χ4n) is 0. The summed E-state index contributed by atoms with van der Waals surface area (Å²) < 4.78 is 0. The van der Waals surface area contributed by atoms with Gasteiger partial charge >= 0.3 is 0 Å². The highest BCUT2D eigenvalue weighted by Crippen LogP contribution is 1.89. The quantitative estimate of drug-likeness (QED) is 0.636. The number of primary amides is 1. The van der Waals surface area contributed by atoms with Gasteiger partial charge in [-0.2, -0.15) is 0 Å². The van der Waals surface area contributed by atoms with Crippen LogP contribution in [0.1, 0.15) is 27.7 Å². The van der Waals surface area contributed by atoms with Crippen LogP contribution in [0.5, 0.6) is 0 Å². The highest BCUT2D eigenvalue weighted by Gasteiger charge is 1.95. The van der Waals surface area contributed by atoms with Crippen LogP contribution in [-0.4, -0.2) is 11.7 Å². The van der Waals surface area contributed by atoms with Crippen LogP contribution in [0.2, 0.25) is 0 Å².